The van der Waals surface area contributed by atoms with E-state index < -0.39 is 5.92 Å². The van der Waals surface area contributed by atoms with E-state index in [0.29, 0.717) is 35.6 Å². The normalized spacial score (nSPS) is 19.7. The Bertz CT molecular complexity index is 833. The van der Waals surface area contributed by atoms with Crippen LogP contribution in [0, 0.1) is 5.92 Å². The molecule has 8 heteroatoms. The van der Waals surface area contributed by atoms with Gasteiger partial charge in [0.05, 0.1) is 18.2 Å². The van der Waals surface area contributed by atoms with Crippen molar-refractivity contribution in [1.29, 1.82) is 0 Å². The highest BCUT2D eigenvalue weighted by molar-refractivity contribution is 7.15. The van der Waals surface area contributed by atoms with Crippen LogP contribution in [-0.4, -0.2) is 35.2 Å². The summed E-state index contributed by atoms with van der Waals surface area (Å²) >= 11 is 1.42. The number of amides is 2. The molecule has 1 saturated carbocycles. The molecule has 1 atom stereocenters. The number of carbonyl (C=O) groups excluding carboxylic acids is 2. The molecule has 2 aromatic rings. The fourth-order valence-electron chi connectivity index (χ4n) is 3.06. The third kappa shape index (κ3) is 3.41. The molecule has 2 fully saturated rings. The van der Waals surface area contributed by atoms with Crippen molar-refractivity contribution in [3.05, 3.63) is 29.3 Å². The van der Waals surface area contributed by atoms with Crippen molar-refractivity contribution in [2.45, 2.75) is 32.1 Å². The van der Waals surface area contributed by atoms with Crippen molar-refractivity contribution in [3.63, 3.8) is 0 Å². The van der Waals surface area contributed by atoms with Gasteiger partial charge in [-0.1, -0.05) is 23.5 Å². The first-order valence-corrected chi connectivity index (χ1v) is 9.63. The van der Waals surface area contributed by atoms with Gasteiger partial charge < -0.3 is 15.0 Å². The van der Waals surface area contributed by atoms with E-state index in [1.165, 1.54) is 11.3 Å². The number of benzene rings is 1. The number of aromatic nitrogens is 2. The third-order valence-corrected chi connectivity index (χ3v) is 5.55. The highest BCUT2D eigenvalue weighted by Gasteiger charge is 2.37. The summed E-state index contributed by atoms with van der Waals surface area (Å²) in [6, 6.07) is 7.40. The monoisotopic (exact) mass is 372 g/mol. The van der Waals surface area contributed by atoms with Crippen LogP contribution in [0.15, 0.2) is 24.3 Å². The summed E-state index contributed by atoms with van der Waals surface area (Å²) < 4.78 is 5.61. The van der Waals surface area contributed by atoms with Crippen molar-refractivity contribution >= 4 is 34.0 Å². The Morgan fingerprint density at radius 3 is 2.92 bits per heavy atom. The second-order valence-electron chi connectivity index (χ2n) is 6.52. The van der Waals surface area contributed by atoms with Crippen LogP contribution in [0.4, 0.5) is 10.8 Å². The number of anilines is 2. The summed E-state index contributed by atoms with van der Waals surface area (Å²) in [4.78, 5) is 26.7. The summed E-state index contributed by atoms with van der Waals surface area (Å²) in [5, 5.41) is 12.5. The topological polar surface area (TPSA) is 84.4 Å². The Morgan fingerprint density at radius 1 is 1.35 bits per heavy atom. The molecule has 0 radical (unpaired) electrons. The minimum Gasteiger partial charge on any atom is -0.492 e. The Hall–Kier alpha value is -2.48. The van der Waals surface area contributed by atoms with E-state index in [-0.39, 0.29) is 18.2 Å². The molecule has 136 valence electrons. The maximum atomic E-state index is 12.6. The van der Waals surface area contributed by atoms with Gasteiger partial charge in [0.25, 0.3) is 0 Å². The van der Waals surface area contributed by atoms with E-state index in [0.717, 1.165) is 17.8 Å². The molecule has 2 heterocycles. The fraction of sp³-hybridized carbons (Fsp3) is 0.444. The fourth-order valence-corrected chi connectivity index (χ4v) is 3.98. The number of hydrogen-bond acceptors (Lipinski definition) is 6. The van der Waals surface area contributed by atoms with Crippen LogP contribution in [0.5, 0.6) is 5.75 Å². The van der Waals surface area contributed by atoms with Gasteiger partial charge in [0.2, 0.25) is 16.9 Å². The van der Waals surface area contributed by atoms with Gasteiger partial charge in [0.15, 0.2) is 0 Å². The van der Waals surface area contributed by atoms with Crippen molar-refractivity contribution in [2.24, 2.45) is 5.92 Å². The average Bonchev–Trinajstić information content (AvgIpc) is 3.26. The molecule has 1 aliphatic carbocycles. The van der Waals surface area contributed by atoms with Gasteiger partial charge >= 0.3 is 0 Å². The largest absolute Gasteiger partial charge is 0.492 e. The van der Waals surface area contributed by atoms with E-state index >= 15 is 0 Å². The second kappa shape index (κ2) is 7.03. The van der Waals surface area contributed by atoms with Crippen molar-refractivity contribution in [1.82, 2.24) is 10.2 Å². The van der Waals surface area contributed by atoms with Gasteiger partial charge in [-0.15, -0.1) is 10.2 Å². The summed E-state index contributed by atoms with van der Waals surface area (Å²) in [7, 11) is 0. The lowest BCUT2D eigenvalue weighted by molar-refractivity contribution is -0.122. The number of rotatable bonds is 6. The van der Waals surface area contributed by atoms with Crippen molar-refractivity contribution in [3.8, 4) is 5.75 Å². The zero-order valence-corrected chi connectivity index (χ0v) is 15.3. The van der Waals surface area contributed by atoms with Gasteiger partial charge in [0.1, 0.15) is 10.8 Å². The molecule has 4 rings (SSSR count). The molecule has 0 bridgehead atoms. The molecule has 1 unspecified atom stereocenters. The standard InChI is InChI=1S/C18H20N4O3S/c1-2-25-14-6-4-3-5-13(14)22-10-12(9-15(22)23)16(24)19-18-21-20-17(26-18)11-7-8-11/h3-6,11-12H,2,7-10H2,1H3,(H,19,21,24). The lowest BCUT2D eigenvalue weighted by atomic mass is 10.1. The highest BCUT2D eigenvalue weighted by atomic mass is 32.1. The molecule has 1 aliphatic heterocycles. The maximum absolute atomic E-state index is 12.6. The van der Waals surface area contributed by atoms with Gasteiger partial charge in [-0.3, -0.25) is 9.59 Å². The number of para-hydroxylation sites is 2. The third-order valence-electron chi connectivity index (χ3n) is 4.55. The van der Waals surface area contributed by atoms with Gasteiger partial charge in [-0.25, -0.2) is 0 Å². The number of carbonyl (C=O) groups is 2. The molecule has 1 saturated heterocycles. The molecule has 26 heavy (non-hydrogen) atoms. The molecule has 7 nitrogen and oxygen atoms in total. The van der Waals surface area contributed by atoms with Crippen molar-refractivity contribution in [2.75, 3.05) is 23.4 Å². The first-order chi connectivity index (χ1) is 12.7. The summed E-state index contributed by atoms with van der Waals surface area (Å²) in [6.07, 6.45) is 2.47. The predicted octanol–water partition coefficient (Wildman–Crippen LogP) is 2.81. The van der Waals surface area contributed by atoms with Crippen LogP contribution < -0.4 is 15.0 Å². The van der Waals surface area contributed by atoms with E-state index in [1.807, 2.05) is 31.2 Å². The number of ether oxygens (including phenoxy) is 1. The average molecular weight is 372 g/mol. The van der Waals surface area contributed by atoms with Gasteiger partial charge in [-0.05, 0) is 31.9 Å². The first-order valence-electron chi connectivity index (χ1n) is 8.82. The summed E-state index contributed by atoms with van der Waals surface area (Å²) in [5.41, 5.74) is 0.710. The van der Waals surface area contributed by atoms with E-state index in [9.17, 15) is 9.59 Å². The van der Waals surface area contributed by atoms with Crippen LogP contribution in [0.3, 0.4) is 0 Å². The van der Waals surface area contributed by atoms with Gasteiger partial charge in [-0.2, -0.15) is 0 Å². The van der Waals surface area contributed by atoms with E-state index in [2.05, 4.69) is 15.5 Å². The summed E-state index contributed by atoms with van der Waals surface area (Å²) in [5.74, 6) is 0.492. The Kier molecular flexibility index (Phi) is 4.58. The van der Waals surface area contributed by atoms with E-state index in [1.54, 1.807) is 4.90 Å². The molecule has 0 spiro atoms. The van der Waals surface area contributed by atoms with Crippen LogP contribution >= 0.6 is 11.3 Å². The molecular formula is C18H20N4O3S. The van der Waals surface area contributed by atoms with E-state index in [4.69, 9.17) is 4.74 Å². The molecule has 1 aromatic carbocycles. The SMILES string of the molecule is CCOc1ccccc1N1CC(C(=O)Nc2nnc(C3CC3)s2)CC1=O. The Morgan fingerprint density at radius 2 is 2.15 bits per heavy atom. The molecule has 2 aliphatic rings. The Balaban J connectivity index is 1.44. The molecule has 1 N–H and O–H groups in total. The summed E-state index contributed by atoms with van der Waals surface area (Å²) in [6.45, 7) is 2.75. The zero-order valence-electron chi connectivity index (χ0n) is 14.5. The zero-order chi connectivity index (χ0) is 18.1. The lowest BCUT2D eigenvalue weighted by Gasteiger charge is -2.20. The minimum absolute atomic E-state index is 0.0757. The first kappa shape index (κ1) is 17.0. The number of nitrogens with one attached hydrogen (secondary N) is 1. The second-order valence-corrected chi connectivity index (χ2v) is 7.52. The number of hydrogen-bond donors (Lipinski definition) is 1. The lowest BCUT2D eigenvalue weighted by Crippen LogP contribution is -2.28. The van der Waals surface area contributed by atoms with Crippen LogP contribution in [-0.2, 0) is 9.59 Å². The smallest absolute Gasteiger partial charge is 0.231 e. The van der Waals surface area contributed by atoms with Crippen LogP contribution in [0.25, 0.3) is 0 Å². The van der Waals surface area contributed by atoms with Crippen molar-refractivity contribution < 1.29 is 14.3 Å². The minimum atomic E-state index is -0.412. The maximum Gasteiger partial charge on any atom is 0.231 e. The molecule has 2 amide bonds. The number of nitrogens with zero attached hydrogens (tertiary/aromatic N) is 3. The quantitative estimate of drug-likeness (QED) is 0.843. The predicted molar refractivity (Wildman–Crippen MR) is 98.6 cm³/mol. The van der Waals surface area contributed by atoms with Crippen LogP contribution in [0.2, 0.25) is 0 Å². The molecular weight excluding hydrogens is 352 g/mol. The van der Waals surface area contributed by atoms with Gasteiger partial charge in [0, 0.05) is 18.9 Å². The van der Waals surface area contributed by atoms with Crippen LogP contribution in [0.1, 0.15) is 37.1 Å². The highest BCUT2D eigenvalue weighted by Crippen LogP contribution is 2.42. The molecule has 1 aromatic heterocycles. The Labute approximate surface area is 155 Å².